The lowest BCUT2D eigenvalue weighted by Crippen LogP contribution is -2.40. The molecule has 1 aliphatic heterocycles. The van der Waals surface area contributed by atoms with E-state index in [1.54, 1.807) is 6.20 Å². The summed E-state index contributed by atoms with van der Waals surface area (Å²) in [4.78, 5) is 30.1. The number of aryl methyl sites for hydroxylation is 1. The Morgan fingerprint density at radius 3 is 2.76 bits per heavy atom. The molecule has 4 heterocycles. The van der Waals surface area contributed by atoms with Crippen LogP contribution in [-0.2, 0) is 13.0 Å². The van der Waals surface area contributed by atoms with E-state index in [0.29, 0.717) is 13.1 Å². The number of benzene rings is 1. The van der Waals surface area contributed by atoms with Crippen molar-refractivity contribution in [3.8, 4) is 11.1 Å². The van der Waals surface area contributed by atoms with Crippen LogP contribution in [0.3, 0.4) is 0 Å². The zero-order valence-corrected chi connectivity index (χ0v) is 19.6. The maximum Gasteiger partial charge on any atom is 0.255 e. The number of amides is 1. The number of carbonyl (C=O) groups excluding carboxylic acids is 1. The molecule has 168 valence electrons. The van der Waals surface area contributed by atoms with Gasteiger partial charge >= 0.3 is 0 Å². The van der Waals surface area contributed by atoms with Gasteiger partial charge in [-0.15, -0.1) is 0 Å². The molecule has 0 spiro atoms. The Labute approximate surface area is 194 Å². The van der Waals surface area contributed by atoms with Crippen molar-refractivity contribution in [2.24, 2.45) is 0 Å². The average Bonchev–Trinajstić information content (AvgIpc) is 3.19. The number of fused-ring (bicyclic) bond motifs is 2. The number of rotatable bonds is 5. The second kappa shape index (κ2) is 8.45. The number of hydrogen-bond donors (Lipinski definition) is 1. The topological polar surface area (TPSA) is 65.1 Å². The molecule has 0 radical (unpaired) electrons. The predicted molar refractivity (Wildman–Crippen MR) is 131 cm³/mol. The number of aromatic nitrogens is 3. The Bertz CT molecular complexity index is 1330. The van der Waals surface area contributed by atoms with E-state index in [1.165, 1.54) is 5.56 Å². The lowest BCUT2D eigenvalue weighted by Gasteiger charge is -2.35. The second-order valence-electron chi connectivity index (χ2n) is 9.18. The van der Waals surface area contributed by atoms with E-state index in [-0.39, 0.29) is 11.9 Å². The normalized spacial score (nSPS) is 14.7. The molecule has 0 bridgehead atoms. The number of aromatic amines is 1. The first kappa shape index (κ1) is 21.3. The Kier molecular flexibility index (Phi) is 5.46. The van der Waals surface area contributed by atoms with Crippen LogP contribution < -0.4 is 0 Å². The van der Waals surface area contributed by atoms with Gasteiger partial charge in [0.25, 0.3) is 5.91 Å². The van der Waals surface area contributed by atoms with Gasteiger partial charge in [0.1, 0.15) is 5.65 Å². The summed E-state index contributed by atoms with van der Waals surface area (Å²) in [5.74, 6) is 0.0906. The van der Waals surface area contributed by atoms with Crippen molar-refractivity contribution in [2.75, 3.05) is 20.6 Å². The van der Waals surface area contributed by atoms with Crippen LogP contribution in [0.4, 0.5) is 0 Å². The highest BCUT2D eigenvalue weighted by molar-refractivity contribution is 5.99. The maximum absolute atomic E-state index is 13.7. The number of hydrogen-bond acceptors (Lipinski definition) is 4. The van der Waals surface area contributed by atoms with Crippen molar-refractivity contribution < 1.29 is 4.79 Å². The minimum Gasteiger partial charge on any atom is -0.346 e. The third kappa shape index (κ3) is 3.91. The highest BCUT2D eigenvalue weighted by Gasteiger charge is 2.31. The van der Waals surface area contributed by atoms with Gasteiger partial charge in [-0.25, -0.2) is 4.98 Å². The molecular weight excluding hydrogens is 410 g/mol. The molecule has 4 aromatic rings. The monoisotopic (exact) mass is 439 g/mol. The lowest BCUT2D eigenvalue weighted by atomic mass is 9.89. The second-order valence-corrected chi connectivity index (χ2v) is 9.18. The first-order valence-corrected chi connectivity index (χ1v) is 11.4. The summed E-state index contributed by atoms with van der Waals surface area (Å²) in [5, 5.41) is 1.13. The summed E-state index contributed by atoms with van der Waals surface area (Å²) < 4.78 is 0. The molecule has 6 heteroatoms. The fourth-order valence-electron chi connectivity index (χ4n) is 4.80. The Morgan fingerprint density at radius 2 is 2.00 bits per heavy atom. The summed E-state index contributed by atoms with van der Waals surface area (Å²) in [6, 6.07) is 12.3. The standard InChI is InChI=1S/C27H29N5O/c1-17-14-29-26-23(17)13-21(15-30-26)20-11-19-8-10-32(18(2)24-7-5-6-9-28-24)27(33)25(19)22(12-20)16-31(3)4/h5-7,9,11-15,18H,8,10,16H2,1-4H3,(H,29,30). The molecule has 1 aromatic carbocycles. The van der Waals surface area contributed by atoms with E-state index in [1.807, 2.05) is 49.6 Å². The van der Waals surface area contributed by atoms with Crippen LogP contribution in [-0.4, -0.2) is 51.3 Å². The largest absolute Gasteiger partial charge is 0.346 e. The van der Waals surface area contributed by atoms with Crippen molar-refractivity contribution in [1.82, 2.24) is 24.8 Å². The van der Waals surface area contributed by atoms with Gasteiger partial charge in [0, 0.05) is 48.2 Å². The van der Waals surface area contributed by atoms with Crippen LogP contribution in [0.15, 0.2) is 55.0 Å². The molecule has 3 aromatic heterocycles. The molecule has 1 aliphatic rings. The van der Waals surface area contributed by atoms with Gasteiger partial charge < -0.3 is 14.8 Å². The van der Waals surface area contributed by atoms with E-state index >= 15 is 0 Å². The van der Waals surface area contributed by atoms with Gasteiger partial charge in [-0.2, -0.15) is 0 Å². The van der Waals surface area contributed by atoms with Gasteiger partial charge in [-0.05, 0) is 80.9 Å². The molecule has 1 atom stereocenters. The van der Waals surface area contributed by atoms with E-state index in [2.05, 4.69) is 51.9 Å². The molecule has 1 amide bonds. The minimum absolute atomic E-state index is 0.0677. The molecule has 0 fully saturated rings. The maximum atomic E-state index is 13.7. The zero-order valence-electron chi connectivity index (χ0n) is 19.6. The molecule has 33 heavy (non-hydrogen) atoms. The Morgan fingerprint density at radius 1 is 1.15 bits per heavy atom. The number of carbonyl (C=O) groups is 1. The van der Waals surface area contributed by atoms with Gasteiger partial charge in [0.2, 0.25) is 0 Å². The van der Waals surface area contributed by atoms with Crippen molar-refractivity contribution >= 4 is 16.9 Å². The van der Waals surface area contributed by atoms with Crippen LogP contribution in [0, 0.1) is 6.92 Å². The summed E-state index contributed by atoms with van der Waals surface area (Å²) in [5.41, 5.74) is 8.20. The lowest BCUT2D eigenvalue weighted by molar-refractivity contribution is 0.0667. The van der Waals surface area contributed by atoms with E-state index < -0.39 is 0 Å². The van der Waals surface area contributed by atoms with Crippen LogP contribution >= 0.6 is 0 Å². The van der Waals surface area contributed by atoms with Crippen molar-refractivity contribution in [2.45, 2.75) is 32.9 Å². The summed E-state index contributed by atoms with van der Waals surface area (Å²) in [6.45, 7) is 5.53. The summed E-state index contributed by atoms with van der Waals surface area (Å²) in [6.07, 6.45) is 6.52. The van der Waals surface area contributed by atoms with E-state index in [9.17, 15) is 4.79 Å². The summed E-state index contributed by atoms with van der Waals surface area (Å²) >= 11 is 0. The molecule has 0 saturated heterocycles. The first-order chi connectivity index (χ1) is 15.9. The number of nitrogens with zero attached hydrogens (tertiary/aromatic N) is 4. The van der Waals surface area contributed by atoms with Gasteiger partial charge in [0.05, 0.1) is 11.7 Å². The van der Waals surface area contributed by atoms with Crippen molar-refractivity contribution in [1.29, 1.82) is 0 Å². The van der Waals surface area contributed by atoms with E-state index in [0.717, 1.165) is 51.0 Å². The van der Waals surface area contributed by atoms with E-state index in [4.69, 9.17) is 0 Å². The molecule has 0 saturated carbocycles. The van der Waals surface area contributed by atoms with Crippen molar-refractivity contribution in [3.05, 3.63) is 82.9 Å². The van der Waals surface area contributed by atoms with Crippen LogP contribution in [0.25, 0.3) is 22.2 Å². The van der Waals surface area contributed by atoms with Gasteiger partial charge in [-0.3, -0.25) is 9.78 Å². The van der Waals surface area contributed by atoms with Gasteiger partial charge in [0.15, 0.2) is 0 Å². The molecule has 1 N–H and O–H groups in total. The van der Waals surface area contributed by atoms with Crippen LogP contribution in [0.1, 0.15) is 45.7 Å². The molecule has 5 rings (SSSR count). The smallest absolute Gasteiger partial charge is 0.255 e. The molecule has 0 aliphatic carbocycles. The number of H-pyrrole nitrogens is 1. The Hall–Kier alpha value is -3.51. The minimum atomic E-state index is -0.0677. The number of nitrogens with one attached hydrogen (secondary N) is 1. The average molecular weight is 440 g/mol. The molecular formula is C27H29N5O. The SMILES string of the molecule is Cc1c[nH]c2ncc(-c3cc4c(c(CN(C)C)c3)C(=O)N(C(C)c3ccccn3)CC4)cc12. The highest BCUT2D eigenvalue weighted by Crippen LogP contribution is 2.34. The highest BCUT2D eigenvalue weighted by atomic mass is 16.2. The third-order valence-corrected chi connectivity index (χ3v) is 6.54. The van der Waals surface area contributed by atoms with Gasteiger partial charge in [-0.1, -0.05) is 12.1 Å². The fourth-order valence-corrected chi connectivity index (χ4v) is 4.80. The van der Waals surface area contributed by atoms with Crippen molar-refractivity contribution in [3.63, 3.8) is 0 Å². The molecule has 6 nitrogen and oxygen atoms in total. The first-order valence-electron chi connectivity index (χ1n) is 11.4. The zero-order chi connectivity index (χ0) is 23.1. The Balaban J connectivity index is 1.57. The summed E-state index contributed by atoms with van der Waals surface area (Å²) in [7, 11) is 4.08. The third-order valence-electron chi connectivity index (χ3n) is 6.54. The van der Waals surface area contributed by atoms with Crippen LogP contribution in [0.2, 0.25) is 0 Å². The quantitative estimate of drug-likeness (QED) is 0.487. The fraction of sp³-hybridized carbons (Fsp3) is 0.296. The predicted octanol–water partition coefficient (Wildman–Crippen LogP) is 4.75. The molecule has 1 unspecified atom stereocenters. The number of pyridine rings is 2. The van der Waals surface area contributed by atoms with Crippen LogP contribution in [0.5, 0.6) is 0 Å².